The Morgan fingerprint density at radius 2 is 1.76 bits per heavy atom. The molecule has 0 radical (unpaired) electrons. The van der Waals surface area contributed by atoms with Gasteiger partial charge in [-0.15, -0.1) is 0 Å². The summed E-state index contributed by atoms with van der Waals surface area (Å²) in [6.45, 7) is 0. The number of hydrazine groups is 1. The van der Waals surface area contributed by atoms with Gasteiger partial charge in [0.25, 0.3) is 0 Å². The lowest BCUT2D eigenvalue weighted by atomic mass is 9.99. The summed E-state index contributed by atoms with van der Waals surface area (Å²) in [5.41, 5.74) is 4.55. The van der Waals surface area contributed by atoms with Crippen molar-refractivity contribution in [1.29, 1.82) is 0 Å². The topological polar surface area (TPSA) is 81.4 Å². The van der Waals surface area contributed by atoms with Gasteiger partial charge in [-0.05, 0) is 35.4 Å². The molecule has 3 N–H and O–H groups in total. The van der Waals surface area contributed by atoms with E-state index in [4.69, 9.17) is 10.6 Å². The fraction of sp³-hybridized carbons (Fsp3) is 0.200. The van der Waals surface area contributed by atoms with Crippen molar-refractivity contribution in [2.75, 3.05) is 13.4 Å². The van der Waals surface area contributed by atoms with E-state index in [1.807, 2.05) is 24.3 Å². The van der Waals surface area contributed by atoms with Gasteiger partial charge in [-0.3, -0.25) is 5.84 Å². The maximum absolute atomic E-state index is 11.5. The molecular weight excluding hydrogens is 288 g/mol. The zero-order chi connectivity index (χ0) is 15.5. The third-order valence-electron chi connectivity index (χ3n) is 3.24. The highest BCUT2D eigenvalue weighted by atomic mass is 32.2. The van der Waals surface area contributed by atoms with Gasteiger partial charge in [0.1, 0.15) is 5.75 Å². The molecule has 1 unspecified atom stereocenters. The molecule has 112 valence electrons. The first-order chi connectivity index (χ1) is 9.95. The van der Waals surface area contributed by atoms with Crippen LogP contribution in [0.25, 0.3) is 0 Å². The molecule has 0 heterocycles. The van der Waals surface area contributed by atoms with Crippen molar-refractivity contribution in [2.24, 2.45) is 5.84 Å². The van der Waals surface area contributed by atoms with Crippen LogP contribution in [-0.4, -0.2) is 21.8 Å². The second-order valence-electron chi connectivity index (χ2n) is 4.72. The van der Waals surface area contributed by atoms with E-state index in [-0.39, 0.29) is 10.9 Å². The molecule has 0 saturated carbocycles. The number of sulfone groups is 1. The fourth-order valence-corrected chi connectivity index (χ4v) is 2.74. The largest absolute Gasteiger partial charge is 0.497 e. The van der Waals surface area contributed by atoms with Gasteiger partial charge in [-0.1, -0.05) is 24.3 Å². The van der Waals surface area contributed by atoms with Crippen molar-refractivity contribution in [3.8, 4) is 5.75 Å². The van der Waals surface area contributed by atoms with Gasteiger partial charge in [0.15, 0.2) is 9.84 Å². The lowest BCUT2D eigenvalue weighted by Crippen LogP contribution is -2.28. The average molecular weight is 306 g/mol. The Kier molecular flexibility index (Phi) is 4.62. The average Bonchev–Trinajstić information content (AvgIpc) is 2.48. The van der Waals surface area contributed by atoms with Crippen LogP contribution < -0.4 is 16.0 Å². The summed E-state index contributed by atoms with van der Waals surface area (Å²) in [5, 5.41) is 0. The van der Waals surface area contributed by atoms with Crippen LogP contribution in [0.1, 0.15) is 17.2 Å². The highest BCUT2D eigenvalue weighted by Crippen LogP contribution is 2.25. The lowest BCUT2D eigenvalue weighted by molar-refractivity contribution is 0.413. The van der Waals surface area contributed by atoms with E-state index in [1.54, 1.807) is 31.4 Å². The molecule has 0 bridgehead atoms. The Morgan fingerprint density at radius 1 is 1.10 bits per heavy atom. The molecule has 0 aliphatic carbocycles. The van der Waals surface area contributed by atoms with Gasteiger partial charge >= 0.3 is 0 Å². The van der Waals surface area contributed by atoms with E-state index >= 15 is 0 Å². The molecule has 0 saturated heterocycles. The molecule has 0 aliphatic heterocycles. The monoisotopic (exact) mass is 306 g/mol. The zero-order valence-electron chi connectivity index (χ0n) is 11.9. The minimum absolute atomic E-state index is 0.242. The van der Waals surface area contributed by atoms with E-state index in [0.29, 0.717) is 0 Å². The van der Waals surface area contributed by atoms with Crippen LogP contribution in [-0.2, 0) is 9.84 Å². The number of ether oxygens (including phenoxy) is 1. The van der Waals surface area contributed by atoms with Gasteiger partial charge in [-0.2, -0.15) is 0 Å². The summed E-state index contributed by atoms with van der Waals surface area (Å²) in [7, 11) is -1.60. The van der Waals surface area contributed by atoms with E-state index in [2.05, 4.69) is 5.43 Å². The first kappa shape index (κ1) is 15.5. The van der Waals surface area contributed by atoms with Crippen LogP contribution >= 0.6 is 0 Å². The molecule has 0 aliphatic rings. The van der Waals surface area contributed by atoms with Gasteiger partial charge in [0.2, 0.25) is 0 Å². The number of nitrogens with two attached hydrogens (primary N) is 1. The number of benzene rings is 2. The van der Waals surface area contributed by atoms with Crippen LogP contribution in [0, 0.1) is 0 Å². The minimum atomic E-state index is -3.20. The zero-order valence-corrected chi connectivity index (χ0v) is 12.7. The molecule has 2 rings (SSSR count). The Balaban J connectivity index is 2.37. The first-order valence-electron chi connectivity index (χ1n) is 6.36. The molecule has 0 fully saturated rings. The number of nitrogens with one attached hydrogen (secondary N) is 1. The van der Waals surface area contributed by atoms with E-state index < -0.39 is 9.84 Å². The molecule has 0 spiro atoms. The summed E-state index contributed by atoms with van der Waals surface area (Å²) in [4.78, 5) is 0.285. The summed E-state index contributed by atoms with van der Waals surface area (Å²) < 4.78 is 28.2. The van der Waals surface area contributed by atoms with Crippen LogP contribution in [0.4, 0.5) is 0 Å². The predicted molar refractivity (Wildman–Crippen MR) is 81.7 cm³/mol. The second-order valence-corrected chi connectivity index (χ2v) is 6.73. The Hall–Kier alpha value is -1.89. The summed E-state index contributed by atoms with van der Waals surface area (Å²) in [6, 6.07) is 14.0. The highest BCUT2D eigenvalue weighted by molar-refractivity contribution is 7.90. The SMILES string of the molecule is COc1cccc(C(NN)c2ccc(S(C)(=O)=O)cc2)c1. The normalized spacial score (nSPS) is 12.9. The van der Waals surface area contributed by atoms with Gasteiger partial charge in [0.05, 0.1) is 18.0 Å². The van der Waals surface area contributed by atoms with Crippen LogP contribution in [0.15, 0.2) is 53.4 Å². The number of rotatable bonds is 5. The maximum atomic E-state index is 11.5. The Labute approximate surface area is 124 Å². The lowest BCUT2D eigenvalue weighted by Gasteiger charge is -2.18. The molecule has 6 heteroatoms. The molecular formula is C15H18N2O3S. The van der Waals surface area contributed by atoms with Gasteiger partial charge in [-0.25, -0.2) is 13.8 Å². The van der Waals surface area contributed by atoms with Crippen LogP contribution in [0.2, 0.25) is 0 Å². The summed E-state index contributed by atoms with van der Waals surface area (Å²) in [5.74, 6) is 6.38. The molecule has 1 atom stereocenters. The van der Waals surface area contributed by atoms with Crippen molar-refractivity contribution in [2.45, 2.75) is 10.9 Å². The molecule has 2 aromatic rings. The fourth-order valence-electron chi connectivity index (χ4n) is 2.11. The molecule has 21 heavy (non-hydrogen) atoms. The Bertz CT molecular complexity index is 712. The van der Waals surface area contributed by atoms with Crippen molar-refractivity contribution in [3.05, 3.63) is 59.7 Å². The minimum Gasteiger partial charge on any atom is -0.497 e. The van der Waals surface area contributed by atoms with Crippen LogP contribution in [0.5, 0.6) is 5.75 Å². The molecule has 2 aromatic carbocycles. The van der Waals surface area contributed by atoms with Crippen molar-refractivity contribution < 1.29 is 13.2 Å². The van der Waals surface area contributed by atoms with Crippen molar-refractivity contribution in [3.63, 3.8) is 0 Å². The third kappa shape index (κ3) is 3.60. The second kappa shape index (κ2) is 6.26. The Morgan fingerprint density at radius 3 is 2.29 bits per heavy atom. The summed E-state index contributed by atoms with van der Waals surface area (Å²) >= 11 is 0. The number of methoxy groups -OCH3 is 1. The van der Waals surface area contributed by atoms with E-state index in [9.17, 15) is 8.42 Å². The van der Waals surface area contributed by atoms with E-state index in [0.717, 1.165) is 16.9 Å². The molecule has 0 aromatic heterocycles. The number of hydrogen-bond donors (Lipinski definition) is 2. The molecule has 0 amide bonds. The first-order valence-corrected chi connectivity index (χ1v) is 8.25. The quantitative estimate of drug-likeness (QED) is 0.648. The smallest absolute Gasteiger partial charge is 0.175 e. The predicted octanol–water partition coefficient (Wildman–Crippen LogP) is 1.65. The van der Waals surface area contributed by atoms with Gasteiger partial charge in [0, 0.05) is 6.26 Å². The maximum Gasteiger partial charge on any atom is 0.175 e. The van der Waals surface area contributed by atoms with Crippen LogP contribution in [0.3, 0.4) is 0 Å². The molecule has 5 nitrogen and oxygen atoms in total. The highest BCUT2D eigenvalue weighted by Gasteiger charge is 2.14. The van der Waals surface area contributed by atoms with Gasteiger partial charge < -0.3 is 4.74 Å². The van der Waals surface area contributed by atoms with Crippen molar-refractivity contribution in [1.82, 2.24) is 5.43 Å². The van der Waals surface area contributed by atoms with Crippen molar-refractivity contribution >= 4 is 9.84 Å². The summed E-state index contributed by atoms with van der Waals surface area (Å²) in [6.07, 6.45) is 1.18. The third-order valence-corrected chi connectivity index (χ3v) is 4.36. The standard InChI is InChI=1S/C15H18N2O3S/c1-20-13-5-3-4-12(10-13)15(17-16)11-6-8-14(9-7-11)21(2,18)19/h3-10,15,17H,16H2,1-2H3. The van der Waals surface area contributed by atoms with E-state index in [1.165, 1.54) is 6.26 Å². The number of hydrogen-bond acceptors (Lipinski definition) is 5.